The van der Waals surface area contributed by atoms with Crippen molar-refractivity contribution in [2.75, 3.05) is 24.1 Å². The molecular weight excluding hydrogens is 557 g/mol. The zero-order chi connectivity index (χ0) is 25.0. The number of carbonyl (C=O) groups is 1. The molecule has 192 valence electrons. The summed E-state index contributed by atoms with van der Waals surface area (Å²) in [5.41, 5.74) is 3.29. The molecule has 0 unspecified atom stereocenters. The summed E-state index contributed by atoms with van der Waals surface area (Å²) in [5.74, 6) is 0.280. The first kappa shape index (κ1) is 27.0. The zero-order valence-electron chi connectivity index (χ0n) is 21.5. The predicted molar refractivity (Wildman–Crippen MR) is 159 cm³/mol. The first-order chi connectivity index (χ1) is 17.7. The van der Waals surface area contributed by atoms with Crippen molar-refractivity contribution < 1.29 is 9.53 Å². The van der Waals surface area contributed by atoms with Gasteiger partial charge in [-0.25, -0.2) is 0 Å². The van der Waals surface area contributed by atoms with Crippen molar-refractivity contribution in [2.24, 2.45) is 0 Å². The second-order valence-electron chi connectivity index (χ2n) is 9.63. The van der Waals surface area contributed by atoms with Gasteiger partial charge in [-0.1, -0.05) is 60.7 Å². The molecule has 0 N–H and O–H groups in total. The van der Waals surface area contributed by atoms with E-state index >= 15 is 0 Å². The molecule has 3 nitrogen and oxygen atoms in total. The molecule has 1 saturated heterocycles. The molecule has 0 bridgehead atoms. The summed E-state index contributed by atoms with van der Waals surface area (Å²) in [5, 5.41) is 0. The van der Waals surface area contributed by atoms with Crippen LogP contribution >= 0.6 is 21.2 Å². The number of Topliss-reactive ketones (excluding diaryl/α,β-unsaturated/α-hetero) is 1. The van der Waals surface area contributed by atoms with Crippen LogP contribution in [0, 0.1) is 3.57 Å². The van der Waals surface area contributed by atoms with Crippen LogP contribution in [0.3, 0.4) is 0 Å². The molecule has 1 aliphatic rings. The van der Waals surface area contributed by atoms with Crippen LogP contribution in [0.5, 0.6) is 0 Å². The van der Waals surface area contributed by atoms with E-state index in [1.54, 1.807) is 0 Å². The van der Waals surface area contributed by atoms with E-state index in [1.165, 1.54) is 32.0 Å². The molecule has 4 heteroatoms. The van der Waals surface area contributed by atoms with Gasteiger partial charge < -0.3 is 4.74 Å². The summed E-state index contributed by atoms with van der Waals surface area (Å²) < 4.78 is 9.50. The number of likely N-dealkylation sites (tertiary alicyclic amines) is 1. The number of carbonyl (C=O) groups excluding carboxylic acids is 1. The number of unbranched alkanes of at least 4 members (excludes halogenated alkanes) is 1. The van der Waals surface area contributed by atoms with Crippen LogP contribution in [0.1, 0.15) is 73.0 Å². The van der Waals surface area contributed by atoms with Gasteiger partial charge in [0.15, 0.2) is 0 Å². The maximum absolute atomic E-state index is 12.7. The zero-order valence-corrected chi connectivity index (χ0v) is 23.8. The second kappa shape index (κ2) is 14.7. The van der Waals surface area contributed by atoms with Crippen molar-refractivity contribution in [3.8, 4) is 0 Å². The van der Waals surface area contributed by atoms with Gasteiger partial charge in [0.05, 0.1) is 0 Å². The Balaban J connectivity index is 1.20. The normalized spacial score (nSPS) is 14.9. The summed E-state index contributed by atoms with van der Waals surface area (Å²) in [7, 11) is 0. The van der Waals surface area contributed by atoms with Crippen molar-refractivity contribution in [1.82, 2.24) is 4.90 Å². The summed E-state index contributed by atoms with van der Waals surface area (Å²) >= 11 is -0.0817. The molecule has 0 spiro atoms. The number of halogens is 1. The Hall–Kier alpha value is -2.02. The van der Waals surface area contributed by atoms with Gasteiger partial charge in [0, 0.05) is 0 Å². The van der Waals surface area contributed by atoms with E-state index in [4.69, 9.17) is 4.74 Å². The van der Waals surface area contributed by atoms with E-state index in [2.05, 4.69) is 84.6 Å². The fourth-order valence-corrected chi connectivity index (χ4v) is 7.59. The summed E-state index contributed by atoms with van der Waals surface area (Å²) in [6.07, 6.45) is 6.45. The molecule has 3 aromatic rings. The number of piperidine rings is 1. The monoisotopic (exact) mass is 597 g/mol. The maximum atomic E-state index is 12.7. The standard InChI is InChI=1S/C32H40INO2/c1-2-3-22-33-29-18-16-26(17-19-29)31(35)15-10-23-34-24-20-30(21-25-34)36-32(27-11-6-4-7-12-27)28-13-8-5-9-14-28/h4-9,11-14,16-19,30,32-33H,2-3,10,15,20-25H2,1H3. The summed E-state index contributed by atoms with van der Waals surface area (Å²) in [6.45, 7) is 5.30. The minimum absolute atomic E-state index is 0.0258. The Bertz CT molecular complexity index is 991. The molecule has 0 amide bonds. The molecule has 0 aliphatic carbocycles. The third-order valence-corrected chi connectivity index (χ3v) is 10.0. The molecule has 0 saturated carbocycles. The van der Waals surface area contributed by atoms with Gasteiger partial charge in [-0.2, -0.15) is 0 Å². The SMILES string of the molecule is CCCC[IH]c1ccc(C(=O)CCCN2CCC(OC(c3ccccc3)c3ccccc3)CC2)cc1. The van der Waals surface area contributed by atoms with Crippen LogP contribution in [-0.4, -0.2) is 40.8 Å². The third kappa shape index (κ3) is 8.25. The average Bonchev–Trinajstić information content (AvgIpc) is 2.94. The Labute approximate surface area is 227 Å². The van der Waals surface area contributed by atoms with E-state index in [-0.39, 0.29) is 39.2 Å². The van der Waals surface area contributed by atoms with Gasteiger partial charge in [0.1, 0.15) is 6.10 Å². The Morgan fingerprint density at radius 3 is 2.08 bits per heavy atom. The first-order valence-electron chi connectivity index (χ1n) is 13.5. The van der Waals surface area contributed by atoms with Crippen molar-refractivity contribution in [3.63, 3.8) is 0 Å². The number of ketones is 1. The molecule has 0 aromatic heterocycles. The van der Waals surface area contributed by atoms with E-state index in [1.807, 2.05) is 12.1 Å². The number of benzene rings is 3. The number of hydrogen-bond acceptors (Lipinski definition) is 3. The fraction of sp³-hybridized carbons (Fsp3) is 0.406. The van der Waals surface area contributed by atoms with Crippen LogP contribution in [0.4, 0.5) is 0 Å². The number of hydrogen-bond donors (Lipinski definition) is 0. The van der Waals surface area contributed by atoms with Crippen LogP contribution in [0.15, 0.2) is 84.9 Å². The van der Waals surface area contributed by atoms with Crippen LogP contribution in [0.25, 0.3) is 0 Å². The van der Waals surface area contributed by atoms with E-state index < -0.39 is 0 Å². The molecule has 4 rings (SSSR count). The molecule has 1 fully saturated rings. The van der Waals surface area contributed by atoms with Gasteiger partial charge >= 0.3 is 146 Å². The van der Waals surface area contributed by atoms with Crippen molar-refractivity contribution >= 4 is 27.0 Å². The van der Waals surface area contributed by atoms with E-state index in [0.717, 1.165) is 44.5 Å². The first-order valence-corrected chi connectivity index (χ1v) is 16.3. The molecule has 1 aliphatic heterocycles. The van der Waals surface area contributed by atoms with Gasteiger partial charge in [0.2, 0.25) is 0 Å². The Morgan fingerprint density at radius 1 is 0.889 bits per heavy atom. The average molecular weight is 598 g/mol. The van der Waals surface area contributed by atoms with Crippen LogP contribution < -0.4 is 0 Å². The van der Waals surface area contributed by atoms with Gasteiger partial charge in [-0.3, -0.25) is 0 Å². The summed E-state index contributed by atoms with van der Waals surface area (Å²) in [6, 6.07) is 29.6. The molecular formula is C32H40INO2. The van der Waals surface area contributed by atoms with Crippen LogP contribution in [-0.2, 0) is 4.74 Å². The van der Waals surface area contributed by atoms with Crippen molar-refractivity contribution in [2.45, 2.75) is 57.7 Å². The second-order valence-corrected chi connectivity index (χ2v) is 13.0. The van der Waals surface area contributed by atoms with Crippen LogP contribution in [0.2, 0.25) is 0 Å². The minimum atomic E-state index is -0.0817. The summed E-state index contributed by atoms with van der Waals surface area (Å²) in [4.78, 5) is 15.2. The Kier molecular flexibility index (Phi) is 11.0. The van der Waals surface area contributed by atoms with Crippen molar-refractivity contribution in [1.29, 1.82) is 0 Å². The molecule has 3 aromatic carbocycles. The number of alkyl halides is 1. The van der Waals surface area contributed by atoms with Gasteiger partial charge in [0.25, 0.3) is 0 Å². The fourth-order valence-electron chi connectivity index (χ4n) is 4.75. The van der Waals surface area contributed by atoms with E-state index in [9.17, 15) is 4.79 Å². The number of rotatable bonds is 13. The Morgan fingerprint density at radius 2 is 1.50 bits per heavy atom. The number of ether oxygens (including phenoxy) is 1. The topological polar surface area (TPSA) is 29.5 Å². The molecule has 0 atom stereocenters. The van der Waals surface area contributed by atoms with Gasteiger partial charge in [-0.15, -0.1) is 0 Å². The van der Waals surface area contributed by atoms with E-state index in [0.29, 0.717) is 6.42 Å². The predicted octanol–water partition coefficient (Wildman–Crippen LogP) is 7.59. The third-order valence-electron chi connectivity index (χ3n) is 6.89. The molecule has 0 radical (unpaired) electrons. The molecule has 36 heavy (non-hydrogen) atoms. The quantitative estimate of drug-likeness (QED) is 0.0880. The molecule has 1 heterocycles. The van der Waals surface area contributed by atoms with Gasteiger partial charge in [-0.05, 0) is 11.1 Å². The number of nitrogens with zero attached hydrogens (tertiary/aromatic N) is 1. The van der Waals surface area contributed by atoms with Crippen molar-refractivity contribution in [3.05, 3.63) is 105 Å².